The molecule has 4 rings (SSSR count). The van der Waals surface area contributed by atoms with Gasteiger partial charge in [-0.2, -0.15) is 4.37 Å². The predicted molar refractivity (Wildman–Crippen MR) is 125 cm³/mol. The molecule has 1 atom stereocenters. The number of rotatable bonds is 6. The Hall–Kier alpha value is -2.26. The zero-order chi connectivity index (χ0) is 21.6. The number of hydrogen-bond acceptors (Lipinski definition) is 8. The Bertz CT molecular complexity index is 856. The van der Waals surface area contributed by atoms with Crippen molar-refractivity contribution in [2.45, 2.75) is 45.6 Å². The second kappa shape index (κ2) is 10.4. The van der Waals surface area contributed by atoms with Gasteiger partial charge in [-0.1, -0.05) is 13.3 Å². The van der Waals surface area contributed by atoms with E-state index in [4.69, 9.17) is 0 Å². The van der Waals surface area contributed by atoms with Crippen LogP contribution in [0.15, 0.2) is 18.3 Å². The third kappa shape index (κ3) is 5.51. The first-order valence-electron chi connectivity index (χ1n) is 11.4. The van der Waals surface area contributed by atoms with Crippen molar-refractivity contribution in [3.05, 3.63) is 29.7 Å². The van der Waals surface area contributed by atoms with Gasteiger partial charge < -0.3 is 15.1 Å². The normalized spacial score (nSPS) is 20.5. The van der Waals surface area contributed by atoms with Gasteiger partial charge in [-0.25, -0.2) is 9.97 Å². The number of pyridine rings is 1. The van der Waals surface area contributed by atoms with Gasteiger partial charge in [-0.3, -0.25) is 9.69 Å². The molecule has 1 amide bonds. The largest absolute Gasteiger partial charge is 0.369 e. The fourth-order valence-corrected chi connectivity index (χ4v) is 5.19. The van der Waals surface area contributed by atoms with Crippen LogP contribution in [0.5, 0.6) is 0 Å². The lowest BCUT2D eigenvalue weighted by Gasteiger charge is -2.35. The molecule has 2 aliphatic heterocycles. The van der Waals surface area contributed by atoms with E-state index in [1.807, 2.05) is 24.0 Å². The van der Waals surface area contributed by atoms with E-state index in [1.165, 1.54) is 37.3 Å². The van der Waals surface area contributed by atoms with Crippen LogP contribution in [-0.4, -0.2) is 81.9 Å². The van der Waals surface area contributed by atoms with E-state index in [0.717, 1.165) is 55.9 Å². The summed E-state index contributed by atoms with van der Waals surface area (Å²) in [6.45, 7) is 10.4. The summed E-state index contributed by atoms with van der Waals surface area (Å²) in [5, 5.41) is 4.41. The third-order valence-electron chi connectivity index (χ3n) is 6.25. The Kier molecular flexibility index (Phi) is 7.34. The van der Waals surface area contributed by atoms with E-state index in [0.29, 0.717) is 18.2 Å². The highest BCUT2D eigenvalue weighted by Crippen LogP contribution is 2.20. The zero-order valence-electron chi connectivity index (χ0n) is 18.6. The number of likely N-dealkylation sites (N-methyl/N-ethyl adjacent to an activating group) is 1. The van der Waals surface area contributed by atoms with Crippen molar-refractivity contribution in [1.29, 1.82) is 0 Å². The first-order chi connectivity index (χ1) is 15.1. The molecule has 4 heterocycles. The van der Waals surface area contributed by atoms with E-state index in [9.17, 15) is 4.79 Å². The fraction of sp³-hybridized carbons (Fsp3) is 0.636. The molecule has 8 nitrogen and oxygen atoms in total. The molecule has 0 aliphatic carbocycles. The molecule has 31 heavy (non-hydrogen) atoms. The number of amides is 1. The van der Waals surface area contributed by atoms with E-state index in [-0.39, 0.29) is 5.91 Å². The Labute approximate surface area is 188 Å². The standard InChI is InChI=1S/C22H33N7OS/c1-3-27-10-5-4-7-19(27)16-24-20-9-8-18(15-23-20)21(30)28-11-6-12-29(14-13-28)22-25-17(2)26-31-22/h8-9,15,19H,3-7,10-14,16H2,1-2H3,(H,23,24). The van der Waals surface area contributed by atoms with Crippen LogP contribution < -0.4 is 10.2 Å². The molecule has 0 saturated carbocycles. The van der Waals surface area contributed by atoms with Gasteiger partial charge in [-0.05, 0) is 51.4 Å². The molecule has 2 saturated heterocycles. The summed E-state index contributed by atoms with van der Waals surface area (Å²) in [4.78, 5) is 28.7. The fourth-order valence-electron chi connectivity index (χ4n) is 4.46. The van der Waals surface area contributed by atoms with Crippen molar-refractivity contribution in [2.75, 3.05) is 56.0 Å². The average Bonchev–Trinajstić information content (AvgIpc) is 3.09. The molecule has 0 aromatic carbocycles. The quantitative estimate of drug-likeness (QED) is 0.735. The number of aromatic nitrogens is 3. The predicted octanol–water partition coefficient (Wildman–Crippen LogP) is 2.88. The second-order valence-corrected chi connectivity index (χ2v) is 9.08. The summed E-state index contributed by atoms with van der Waals surface area (Å²) < 4.78 is 4.28. The highest BCUT2D eigenvalue weighted by atomic mass is 32.1. The third-order valence-corrected chi connectivity index (χ3v) is 7.12. The van der Waals surface area contributed by atoms with Gasteiger partial charge in [0.15, 0.2) is 0 Å². The molecule has 168 valence electrons. The summed E-state index contributed by atoms with van der Waals surface area (Å²) in [5.41, 5.74) is 0.651. The molecule has 1 N–H and O–H groups in total. The van der Waals surface area contributed by atoms with Crippen LogP contribution in [0.4, 0.5) is 10.9 Å². The number of carbonyl (C=O) groups excluding carboxylic acids is 1. The number of anilines is 2. The molecule has 0 spiro atoms. The topological polar surface area (TPSA) is 77.5 Å². The lowest BCUT2D eigenvalue weighted by atomic mass is 10.0. The maximum absolute atomic E-state index is 13.0. The number of nitrogens with one attached hydrogen (secondary N) is 1. The minimum Gasteiger partial charge on any atom is -0.369 e. The van der Waals surface area contributed by atoms with Gasteiger partial charge in [0.05, 0.1) is 5.56 Å². The molecule has 9 heteroatoms. The van der Waals surface area contributed by atoms with Crippen LogP contribution in [0.25, 0.3) is 0 Å². The van der Waals surface area contributed by atoms with Crippen molar-refractivity contribution >= 4 is 28.4 Å². The maximum Gasteiger partial charge on any atom is 0.255 e. The lowest BCUT2D eigenvalue weighted by molar-refractivity contribution is 0.0766. The summed E-state index contributed by atoms with van der Waals surface area (Å²) >= 11 is 1.43. The van der Waals surface area contributed by atoms with Crippen LogP contribution in [0.2, 0.25) is 0 Å². The van der Waals surface area contributed by atoms with E-state index < -0.39 is 0 Å². The number of hydrogen-bond donors (Lipinski definition) is 1. The van der Waals surface area contributed by atoms with Crippen LogP contribution in [-0.2, 0) is 0 Å². The molecule has 2 aromatic rings. The van der Waals surface area contributed by atoms with Crippen LogP contribution >= 0.6 is 11.5 Å². The van der Waals surface area contributed by atoms with E-state index in [1.54, 1.807) is 6.20 Å². The molecule has 1 unspecified atom stereocenters. The molecule has 0 radical (unpaired) electrons. The van der Waals surface area contributed by atoms with Crippen molar-refractivity contribution in [2.24, 2.45) is 0 Å². The second-order valence-electron chi connectivity index (χ2n) is 8.35. The monoisotopic (exact) mass is 443 g/mol. The SMILES string of the molecule is CCN1CCCCC1CNc1ccc(C(=O)N2CCCN(c3nc(C)ns3)CC2)cn1. The summed E-state index contributed by atoms with van der Waals surface area (Å²) in [7, 11) is 0. The average molecular weight is 444 g/mol. The Morgan fingerprint density at radius 3 is 2.81 bits per heavy atom. The van der Waals surface area contributed by atoms with E-state index in [2.05, 4.69) is 36.4 Å². The molecule has 2 fully saturated rings. The van der Waals surface area contributed by atoms with Crippen molar-refractivity contribution in [3.63, 3.8) is 0 Å². The number of piperidine rings is 1. The van der Waals surface area contributed by atoms with Gasteiger partial charge in [0.2, 0.25) is 5.13 Å². The first-order valence-corrected chi connectivity index (χ1v) is 12.2. The maximum atomic E-state index is 13.0. The summed E-state index contributed by atoms with van der Waals surface area (Å²) in [5.74, 6) is 1.70. The lowest BCUT2D eigenvalue weighted by Crippen LogP contribution is -2.43. The van der Waals surface area contributed by atoms with Crippen LogP contribution in [0.1, 0.15) is 48.8 Å². The van der Waals surface area contributed by atoms with Gasteiger partial charge >= 0.3 is 0 Å². The minimum atomic E-state index is 0.0544. The number of nitrogens with zero attached hydrogens (tertiary/aromatic N) is 6. The van der Waals surface area contributed by atoms with Crippen LogP contribution in [0.3, 0.4) is 0 Å². The van der Waals surface area contributed by atoms with Crippen LogP contribution in [0, 0.1) is 6.92 Å². The number of aryl methyl sites for hydroxylation is 1. The Morgan fingerprint density at radius 1 is 1.16 bits per heavy atom. The summed E-state index contributed by atoms with van der Waals surface area (Å²) in [6.07, 6.45) is 6.47. The number of likely N-dealkylation sites (tertiary alicyclic amines) is 1. The van der Waals surface area contributed by atoms with Crippen molar-refractivity contribution < 1.29 is 4.79 Å². The molecular formula is C22H33N7OS. The molecule has 2 aromatic heterocycles. The smallest absolute Gasteiger partial charge is 0.255 e. The van der Waals surface area contributed by atoms with Gasteiger partial charge in [0.25, 0.3) is 5.91 Å². The zero-order valence-corrected chi connectivity index (χ0v) is 19.4. The Balaban J connectivity index is 1.30. The van der Waals surface area contributed by atoms with E-state index >= 15 is 0 Å². The van der Waals surface area contributed by atoms with Gasteiger partial charge in [0.1, 0.15) is 11.6 Å². The summed E-state index contributed by atoms with van der Waals surface area (Å²) in [6, 6.07) is 4.40. The molecule has 2 aliphatic rings. The first kappa shape index (κ1) is 22.0. The highest BCUT2D eigenvalue weighted by Gasteiger charge is 2.23. The highest BCUT2D eigenvalue weighted by molar-refractivity contribution is 7.09. The Morgan fingerprint density at radius 2 is 2.06 bits per heavy atom. The van der Waals surface area contributed by atoms with Gasteiger partial charge in [-0.15, -0.1) is 0 Å². The van der Waals surface area contributed by atoms with Crippen molar-refractivity contribution in [3.8, 4) is 0 Å². The molecule has 0 bridgehead atoms. The minimum absolute atomic E-state index is 0.0544. The molecular weight excluding hydrogens is 410 g/mol. The van der Waals surface area contributed by atoms with Gasteiger partial charge in [0, 0.05) is 56.5 Å². The number of carbonyl (C=O) groups is 1. The van der Waals surface area contributed by atoms with Crippen molar-refractivity contribution in [1.82, 2.24) is 24.1 Å².